The van der Waals surface area contributed by atoms with Gasteiger partial charge >= 0.3 is 0 Å². The van der Waals surface area contributed by atoms with Crippen molar-refractivity contribution in [2.24, 2.45) is 5.92 Å². The van der Waals surface area contributed by atoms with Crippen molar-refractivity contribution in [2.45, 2.75) is 33.3 Å². The maximum absolute atomic E-state index is 11.8. The predicted octanol–water partition coefficient (Wildman–Crippen LogP) is 2.96. The van der Waals surface area contributed by atoms with E-state index in [2.05, 4.69) is 35.1 Å². The Morgan fingerprint density at radius 3 is 2.74 bits per heavy atom. The van der Waals surface area contributed by atoms with Crippen LogP contribution >= 0.6 is 15.9 Å². The van der Waals surface area contributed by atoms with Crippen LogP contribution in [0.3, 0.4) is 0 Å². The lowest BCUT2D eigenvalue weighted by Crippen LogP contribution is -2.37. The Kier molecular flexibility index (Phi) is 6.15. The molecule has 106 valence electrons. The van der Waals surface area contributed by atoms with Crippen LogP contribution in [0.25, 0.3) is 0 Å². The number of nitrogen functional groups attached to an aromatic ring is 1. The Hall–Kier alpha value is -1.23. The summed E-state index contributed by atoms with van der Waals surface area (Å²) in [6.07, 6.45) is 0.408. The lowest BCUT2D eigenvalue weighted by molar-refractivity contribution is -0.127. The minimum atomic E-state index is -0.551. The molecular formula is C14H21BrN2O2. The molecule has 4 nitrogen and oxygen atoms in total. The van der Waals surface area contributed by atoms with E-state index in [0.717, 1.165) is 6.42 Å². The lowest BCUT2D eigenvalue weighted by Gasteiger charge is -2.16. The summed E-state index contributed by atoms with van der Waals surface area (Å²) < 4.78 is 6.28. The molecule has 5 heteroatoms. The molecule has 0 aromatic heterocycles. The number of rotatable bonds is 6. The second kappa shape index (κ2) is 7.38. The third kappa shape index (κ3) is 5.11. The molecule has 1 aromatic rings. The summed E-state index contributed by atoms with van der Waals surface area (Å²) >= 11 is 3.35. The SMILES string of the molecule is CC(C)CCNC(=O)C(C)Oc1cccc(N)c1Br. The maximum atomic E-state index is 11.8. The third-order valence-electron chi connectivity index (χ3n) is 2.69. The monoisotopic (exact) mass is 328 g/mol. The van der Waals surface area contributed by atoms with Crippen LogP contribution in [-0.2, 0) is 4.79 Å². The first-order chi connectivity index (χ1) is 8.91. The number of benzene rings is 1. The van der Waals surface area contributed by atoms with Gasteiger partial charge in [0.2, 0.25) is 0 Å². The smallest absolute Gasteiger partial charge is 0.260 e. The van der Waals surface area contributed by atoms with E-state index < -0.39 is 6.10 Å². The van der Waals surface area contributed by atoms with Gasteiger partial charge < -0.3 is 15.8 Å². The molecule has 0 bridgehead atoms. The molecule has 0 aliphatic heterocycles. The van der Waals surface area contributed by atoms with Gasteiger partial charge in [-0.1, -0.05) is 19.9 Å². The van der Waals surface area contributed by atoms with Gasteiger partial charge in [-0.15, -0.1) is 0 Å². The first kappa shape index (κ1) is 15.8. The number of nitrogens with one attached hydrogen (secondary N) is 1. The topological polar surface area (TPSA) is 64.3 Å². The zero-order valence-electron chi connectivity index (χ0n) is 11.6. The minimum absolute atomic E-state index is 0.116. The van der Waals surface area contributed by atoms with Crippen molar-refractivity contribution in [1.82, 2.24) is 5.32 Å². The zero-order chi connectivity index (χ0) is 14.4. The summed E-state index contributed by atoms with van der Waals surface area (Å²) in [5.74, 6) is 1.03. The highest BCUT2D eigenvalue weighted by Crippen LogP contribution is 2.30. The lowest BCUT2D eigenvalue weighted by atomic mass is 10.1. The van der Waals surface area contributed by atoms with E-state index in [1.807, 2.05) is 0 Å². The van der Waals surface area contributed by atoms with E-state index in [4.69, 9.17) is 10.5 Å². The van der Waals surface area contributed by atoms with Crippen molar-refractivity contribution in [3.63, 3.8) is 0 Å². The number of hydrogen-bond acceptors (Lipinski definition) is 3. The van der Waals surface area contributed by atoms with Crippen LogP contribution in [0.4, 0.5) is 5.69 Å². The normalized spacial score (nSPS) is 12.3. The van der Waals surface area contributed by atoms with Crippen molar-refractivity contribution in [3.8, 4) is 5.75 Å². The van der Waals surface area contributed by atoms with E-state index in [1.54, 1.807) is 25.1 Å². The summed E-state index contributed by atoms with van der Waals surface area (Å²) in [6, 6.07) is 5.33. The van der Waals surface area contributed by atoms with Crippen LogP contribution in [0.1, 0.15) is 27.2 Å². The summed E-state index contributed by atoms with van der Waals surface area (Å²) in [4.78, 5) is 11.8. The minimum Gasteiger partial charge on any atom is -0.480 e. The molecule has 0 spiro atoms. The molecule has 0 heterocycles. The first-order valence-corrected chi connectivity index (χ1v) is 7.19. The number of ether oxygens (including phenoxy) is 1. The number of halogens is 1. The van der Waals surface area contributed by atoms with Gasteiger partial charge in [-0.25, -0.2) is 0 Å². The zero-order valence-corrected chi connectivity index (χ0v) is 13.2. The largest absolute Gasteiger partial charge is 0.480 e. The van der Waals surface area contributed by atoms with Crippen LogP contribution in [0, 0.1) is 5.92 Å². The second-order valence-corrected chi connectivity index (χ2v) is 5.69. The fourth-order valence-corrected chi connectivity index (χ4v) is 1.85. The average molecular weight is 329 g/mol. The van der Waals surface area contributed by atoms with E-state index in [0.29, 0.717) is 28.4 Å². The Bertz CT molecular complexity index is 435. The van der Waals surface area contributed by atoms with E-state index >= 15 is 0 Å². The van der Waals surface area contributed by atoms with Crippen LogP contribution in [0.2, 0.25) is 0 Å². The van der Waals surface area contributed by atoms with Crippen LogP contribution in [0.15, 0.2) is 22.7 Å². The van der Waals surface area contributed by atoms with Crippen molar-refractivity contribution in [2.75, 3.05) is 12.3 Å². The number of carbonyl (C=O) groups is 1. The van der Waals surface area contributed by atoms with Crippen molar-refractivity contribution in [1.29, 1.82) is 0 Å². The summed E-state index contributed by atoms with van der Waals surface area (Å²) in [6.45, 7) is 6.63. The highest BCUT2D eigenvalue weighted by atomic mass is 79.9. The molecule has 1 amide bonds. The molecule has 1 unspecified atom stereocenters. The number of hydrogen-bond donors (Lipinski definition) is 2. The Morgan fingerprint density at radius 2 is 2.11 bits per heavy atom. The van der Waals surface area contributed by atoms with Crippen LogP contribution < -0.4 is 15.8 Å². The fraction of sp³-hybridized carbons (Fsp3) is 0.500. The molecule has 0 radical (unpaired) electrons. The predicted molar refractivity (Wildman–Crippen MR) is 81.1 cm³/mol. The number of nitrogens with two attached hydrogens (primary N) is 1. The number of amides is 1. The number of carbonyl (C=O) groups excluding carboxylic acids is 1. The molecule has 0 aliphatic carbocycles. The molecule has 3 N–H and O–H groups in total. The summed E-state index contributed by atoms with van der Waals surface area (Å²) in [5, 5.41) is 2.86. The van der Waals surface area contributed by atoms with Gasteiger partial charge in [0.15, 0.2) is 6.10 Å². The van der Waals surface area contributed by atoms with Crippen LogP contribution in [0.5, 0.6) is 5.75 Å². The van der Waals surface area contributed by atoms with E-state index in [9.17, 15) is 4.79 Å². The molecule has 0 aliphatic rings. The van der Waals surface area contributed by atoms with Gasteiger partial charge in [0.1, 0.15) is 5.75 Å². The third-order valence-corrected chi connectivity index (χ3v) is 3.54. The Balaban J connectivity index is 2.52. The van der Waals surface area contributed by atoms with Crippen LogP contribution in [-0.4, -0.2) is 18.6 Å². The average Bonchev–Trinajstić information content (AvgIpc) is 2.34. The van der Waals surface area contributed by atoms with Crippen molar-refractivity contribution >= 4 is 27.5 Å². The molecule has 1 atom stereocenters. The van der Waals surface area contributed by atoms with Crippen molar-refractivity contribution < 1.29 is 9.53 Å². The summed E-state index contributed by atoms with van der Waals surface area (Å²) in [7, 11) is 0. The standard InChI is InChI=1S/C14H21BrN2O2/c1-9(2)7-8-17-14(18)10(3)19-12-6-4-5-11(16)13(12)15/h4-6,9-10H,7-8,16H2,1-3H3,(H,17,18). The van der Waals surface area contributed by atoms with Crippen molar-refractivity contribution in [3.05, 3.63) is 22.7 Å². The summed E-state index contributed by atoms with van der Waals surface area (Å²) in [5.41, 5.74) is 6.35. The van der Waals surface area contributed by atoms with Gasteiger partial charge in [-0.2, -0.15) is 0 Å². The first-order valence-electron chi connectivity index (χ1n) is 6.40. The van der Waals surface area contributed by atoms with Gasteiger partial charge in [-0.3, -0.25) is 4.79 Å². The molecule has 0 fully saturated rings. The van der Waals surface area contributed by atoms with Gasteiger partial charge in [0, 0.05) is 12.2 Å². The second-order valence-electron chi connectivity index (χ2n) is 4.89. The fourth-order valence-electron chi connectivity index (χ4n) is 1.49. The van der Waals surface area contributed by atoms with Gasteiger partial charge in [-0.05, 0) is 47.3 Å². The molecule has 1 aromatic carbocycles. The highest BCUT2D eigenvalue weighted by Gasteiger charge is 2.16. The molecule has 1 rings (SSSR count). The number of anilines is 1. The molecule has 0 saturated carbocycles. The van der Waals surface area contributed by atoms with Gasteiger partial charge in [0.05, 0.1) is 4.47 Å². The molecular weight excluding hydrogens is 308 g/mol. The highest BCUT2D eigenvalue weighted by molar-refractivity contribution is 9.10. The quantitative estimate of drug-likeness (QED) is 0.789. The molecule has 0 saturated heterocycles. The molecule has 19 heavy (non-hydrogen) atoms. The Labute approximate surface area is 122 Å². The van der Waals surface area contributed by atoms with Gasteiger partial charge in [0.25, 0.3) is 5.91 Å². The van der Waals surface area contributed by atoms with E-state index in [-0.39, 0.29) is 5.91 Å². The maximum Gasteiger partial charge on any atom is 0.260 e. The Morgan fingerprint density at radius 1 is 1.42 bits per heavy atom. The van der Waals surface area contributed by atoms with E-state index in [1.165, 1.54) is 0 Å².